The molecule has 1 fully saturated rings. The van der Waals surface area contributed by atoms with Crippen LogP contribution in [0.1, 0.15) is 30.9 Å². The van der Waals surface area contributed by atoms with Crippen LogP contribution in [0.25, 0.3) is 0 Å². The lowest BCUT2D eigenvalue weighted by Gasteiger charge is -2.24. The Morgan fingerprint density at radius 2 is 1.74 bits per heavy atom. The van der Waals surface area contributed by atoms with E-state index >= 15 is 0 Å². The summed E-state index contributed by atoms with van der Waals surface area (Å²) in [5.41, 5.74) is 2.47. The van der Waals surface area contributed by atoms with E-state index in [2.05, 4.69) is 4.72 Å². The van der Waals surface area contributed by atoms with Crippen LogP contribution in [0.4, 0.5) is 5.69 Å². The van der Waals surface area contributed by atoms with Gasteiger partial charge in [-0.1, -0.05) is 30.3 Å². The predicted molar refractivity (Wildman–Crippen MR) is 118 cm³/mol. The number of rotatable bonds is 6. The number of nitrogens with one attached hydrogen (secondary N) is 1. The number of carbonyl (C=O) groups excluding carboxylic acids is 2. The van der Waals surface area contributed by atoms with E-state index in [1.165, 1.54) is 13.0 Å². The molecule has 4 rings (SSSR count). The zero-order chi connectivity index (χ0) is 22.0. The lowest BCUT2D eigenvalue weighted by atomic mass is 10.1. The van der Waals surface area contributed by atoms with Gasteiger partial charge in [0.15, 0.2) is 0 Å². The highest BCUT2D eigenvalue weighted by atomic mass is 32.2. The number of nitrogens with zero attached hydrogens (tertiary/aromatic N) is 2. The van der Waals surface area contributed by atoms with Crippen molar-refractivity contribution in [1.29, 1.82) is 0 Å². The number of anilines is 1. The number of benzene rings is 2. The Kier molecular flexibility index (Phi) is 6.11. The van der Waals surface area contributed by atoms with Crippen molar-refractivity contribution in [1.82, 2.24) is 9.62 Å². The van der Waals surface area contributed by atoms with Crippen molar-refractivity contribution in [2.24, 2.45) is 0 Å². The van der Waals surface area contributed by atoms with Gasteiger partial charge in [-0.25, -0.2) is 8.42 Å². The third-order valence-electron chi connectivity index (χ3n) is 5.93. The van der Waals surface area contributed by atoms with Crippen LogP contribution in [0, 0.1) is 0 Å². The highest BCUT2D eigenvalue weighted by Gasteiger charge is 2.32. The molecule has 2 aromatic rings. The van der Waals surface area contributed by atoms with Gasteiger partial charge in [-0.05, 0) is 55.0 Å². The molecule has 2 amide bonds. The average Bonchev–Trinajstić information content (AvgIpc) is 3.43. The minimum atomic E-state index is -3.91. The largest absolute Gasteiger partial charge is 0.341 e. The van der Waals surface area contributed by atoms with Crippen LogP contribution in [0.2, 0.25) is 0 Å². The SMILES string of the molecule is CC(=O)N1CCc2cc(S(=O)(=O)NC(Cc3ccccc3)C(=O)N3CCCC3)ccc21. The van der Waals surface area contributed by atoms with Gasteiger partial charge in [0, 0.05) is 32.2 Å². The zero-order valence-corrected chi connectivity index (χ0v) is 18.4. The highest BCUT2D eigenvalue weighted by Crippen LogP contribution is 2.30. The van der Waals surface area contributed by atoms with Crippen molar-refractivity contribution >= 4 is 27.5 Å². The molecule has 0 bridgehead atoms. The van der Waals surface area contributed by atoms with Gasteiger partial charge in [0.05, 0.1) is 4.90 Å². The van der Waals surface area contributed by atoms with Crippen LogP contribution in [0.3, 0.4) is 0 Å². The van der Waals surface area contributed by atoms with Crippen LogP contribution >= 0.6 is 0 Å². The average molecular weight is 442 g/mol. The molecular formula is C23H27N3O4S. The third-order valence-corrected chi connectivity index (χ3v) is 7.40. The minimum Gasteiger partial charge on any atom is -0.341 e. The third kappa shape index (κ3) is 4.65. The Morgan fingerprint density at radius 3 is 2.42 bits per heavy atom. The van der Waals surface area contributed by atoms with E-state index in [9.17, 15) is 18.0 Å². The van der Waals surface area contributed by atoms with Gasteiger partial charge in [-0.3, -0.25) is 9.59 Å². The van der Waals surface area contributed by atoms with Crippen molar-refractivity contribution in [2.45, 2.75) is 43.5 Å². The number of hydrogen-bond acceptors (Lipinski definition) is 4. The summed E-state index contributed by atoms with van der Waals surface area (Å²) in [6.45, 7) is 3.36. The maximum Gasteiger partial charge on any atom is 0.241 e. The van der Waals surface area contributed by atoms with Crippen LogP contribution in [0.5, 0.6) is 0 Å². The van der Waals surface area contributed by atoms with Gasteiger partial charge < -0.3 is 9.80 Å². The maximum absolute atomic E-state index is 13.2. The molecule has 2 aliphatic rings. The Bertz CT molecular complexity index is 1080. The van der Waals surface area contributed by atoms with E-state index in [0.29, 0.717) is 32.5 Å². The summed E-state index contributed by atoms with van der Waals surface area (Å²) < 4.78 is 29.1. The van der Waals surface area contributed by atoms with Gasteiger partial charge in [0.1, 0.15) is 6.04 Å². The first-order valence-electron chi connectivity index (χ1n) is 10.6. The van der Waals surface area contributed by atoms with Gasteiger partial charge in [-0.2, -0.15) is 4.72 Å². The summed E-state index contributed by atoms with van der Waals surface area (Å²) in [5.74, 6) is -0.250. The number of hydrogen-bond donors (Lipinski definition) is 1. The van der Waals surface area contributed by atoms with Crippen LogP contribution in [-0.2, 0) is 32.5 Å². The van der Waals surface area contributed by atoms with Gasteiger partial charge >= 0.3 is 0 Å². The van der Waals surface area contributed by atoms with Crippen molar-refractivity contribution in [3.8, 4) is 0 Å². The molecule has 2 aromatic carbocycles. The van der Waals surface area contributed by atoms with Gasteiger partial charge in [-0.15, -0.1) is 0 Å². The van der Waals surface area contributed by atoms with Gasteiger partial charge in [0.2, 0.25) is 21.8 Å². The highest BCUT2D eigenvalue weighted by molar-refractivity contribution is 7.89. The van der Waals surface area contributed by atoms with Crippen molar-refractivity contribution < 1.29 is 18.0 Å². The smallest absolute Gasteiger partial charge is 0.241 e. The monoisotopic (exact) mass is 441 g/mol. The fourth-order valence-corrected chi connectivity index (χ4v) is 5.55. The van der Waals surface area contributed by atoms with Crippen molar-refractivity contribution in [3.63, 3.8) is 0 Å². The molecule has 164 valence electrons. The molecule has 0 spiro atoms. The van der Waals surface area contributed by atoms with E-state index < -0.39 is 16.1 Å². The molecule has 2 aliphatic heterocycles. The van der Waals surface area contributed by atoms with E-state index in [-0.39, 0.29) is 16.7 Å². The Morgan fingerprint density at radius 1 is 1.03 bits per heavy atom. The molecule has 0 aromatic heterocycles. The molecular weight excluding hydrogens is 414 g/mol. The Balaban J connectivity index is 1.59. The number of fused-ring (bicyclic) bond motifs is 1. The number of likely N-dealkylation sites (tertiary alicyclic amines) is 1. The molecule has 2 heterocycles. The lowest BCUT2D eigenvalue weighted by molar-refractivity contribution is -0.131. The van der Waals surface area contributed by atoms with Crippen molar-refractivity contribution in [2.75, 3.05) is 24.5 Å². The molecule has 0 saturated carbocycles. The van der Waals surface area contributed by atoms with Gasteiger partial charge in [0.25, 0.3) is 0 Å². The second-order valence-corrected chi connectivity index (χ2v) is 9.82. The Hall–Kier alpha value is -2.71. The quantitative estimate of drug-likeness (QED) is 0.744. The fourth-order valence-electron chi connectivity index (χ4n) is 4.31. The molecule has 31 heavy (non-hydrogen) atoms. The molecule has 1 saturated heterocycles. The van der Waals surface area contributed by atoms with Crippen LogP contribution in [0.15, 0.2) is 53.4 Å². The first-order chi connectivity index (χ1) is 14.8. The summed E-state index contributed by atoms with van der Waals surface area (Å²) in [6.07, 6.45) is 2.78. The molecule has 1 unspecified atom stereocenters. The maximum atomic E-state index is 13.2. The van der Waals surface area contributed by atoms with Crippen molar-refractivity contribution in [3.05, 3.63) is 59.7 Å². The topological polar surface area (TPSA) is 86.8 Å². The summed E-state index contributed by atoms with van der Waals surface area (Å²) in [5, 5.41) is 0. The first kappa shape index (κ1) is 21.5. The molecule has 1 atom stereocenters. The lowest BCUT2D eigenvalue weighted by Crippen LogP contribution is -2.48. The zero-order valence-electron chi connectivity index (χ0n) is 17.6. The molecule has 1 N–H and O–H groups in total. The predicted octanol–water partition coefficient (Wildman–Crippen LogP) is 2.11. The second-order valence-electron chi connectivity index (χ2n) is 8.11. The Labute approximate surface area is 183 Å². The molecule has 7 nitrogen and oxygen atoms in total. The minimum absolute atomic E-state index is 0.0633. The molecule has 8 heteroatoms. The second kappa shape index (κ2) is 8.80. The first-order valence-corrected chi connectivity index (χ1v) is 12.1. The number of sulfonamides is 1. The van der Waals surface area contributed by atoms with E-state index in [1.54, 1.807) is 21.9 Å². The molecule has 0 aliphatic carbocycles. The summed E-state index contributed by atoms with van der Waals surface area (Å²) >= 11 is 0. The van der Waals surface area contributed by atoms with Crippen LogP contribution < -0.4 is 9.62 Å². The fraction of sp³-hybridized carbons (Fsp3) is 0.391. The number of carbonyl (C=O) groups is 2. The van der Waals surface area contributed by atoms with E-state index in [4.69, 9.17) is 0 Å². The van der Waals surface area contributed by atoms with E-state index in [1.807, 2.05) is 30.3 Å². The molecule has 0 radical (unpaired) electrons. The summed E-state index contributed by atoms with van der Waals surface area (Å²) in [4.78, 5) is 28.4. The normalized spacial score (nSPS) is 16.9. The summed E-state index contributed by atoms with van der Waals surface area (Å²) in [6, 6.07) is 13.3. The number of amides is 2. The standard InChI is InChI=1S/C23H27N3O4S/c1-17(27)26-14-11-19-16-20(9-10-22(19)26)31(29,30)24-21(15-18-7-3-2-4-8-18)23(28)25-12-5-6-13-25/h2-4,7-10,16,21,24H,5-6,11-15H2,1H3. The van der Waals surface area contributed by atoms with Crippen LogP contribution in [-0.4, -0.2) is 50.8 Å². The summed E-state index contributed by atoms with van der Waals surface area (Å²) in [7, 11) is -3.91. The van der Waals surface area contributed by atoms with E-state index in [0.717, 1.165) is 29.7 Å².